The third-order valence-electron chi connectivity index (χ3n) is 3.94. The first-order chi connectivity index (χ1) is 9.59. The van der Waals surface area contributed by atoms with Crippen LogP contribution >= 0.6 is 0 Å². The largest absolute Gasteiger partial charge is 0.492 e. The summed E-state index contributed by atoms with van der Waals surface area (Å²) in [5.74, 6) is 1.41. The molecule has 0 saturated heterocycles. The number of carbonyl (C=O) groups excluding carboxylic acids is 1. The number of para-hydroxylation sites is 1. The summed E-state index contributed by atoms with van der Waals surface area (Å²) in [6, 6.07) is 8.11. The Balaban J connectivity index is 2.01. The van der Waals surface area contributed by atoms with Crippen LogP contribution < -0.4 is 15.4 Å². The fraction of sp³-hybridized carbons (Fsp3) is 0.562. The summed E-state index contributed by atoms with van der Waals surface area (Å²) in [4.78, 5) is 12.1. The average molecular weight is 276 g/mol. The van der Waals surface area contributed by atoms with Crippen LogP contribution in [0.5, 0.6) is 5.75 Å². The number of rotatable bonds is 4. The molecule has 4 heteroatoms. The Morgan fingerprint density at radius 3 is 2.90 bits per heavy atom. The second-order valence-corrected chi connectivity index (χ2v) is 5.67. The molecule has 2 rings (SSSR count). The summed E-state index contributed by atoms with van der Waals surface area (Å²) < 4.78 is 5.70. The Morgan fingerprint density at radius 2 is 2.15 bits per heavy atom. The van der Waals surface area contributed by atoms with E-state index in [0.717, 1.165) is 17.9 Å². The van der Waals surface area contributed by atoms with Gasteiger partial charge >= 0.3 is 0 Å². The molecule has 1 heterocycles. The Kier molecular flexibility index (Phi) is 5.01. The van der Waals surface area contributed by atoms with E-state index in [4.69, 9.17) is 4.74 Å². The molecule has 0 spiro atoms. The van der Waals surface area contributed by atoms with Crippen LogP contribution in [0, 0.1) is 11.8 Å². The molecule has 0 fully saturated rings. The SMILES string of the molecule is CC(C)C(C)C(=O)NCC1NCCOc2ccccc21. The Bertz CT molecular complexity index is 460. The first kappa shape index (κ1) is 14.9. The van der Waals surface area contributed by atoms with Crippen molar-refractivity contribution in [3.8, 4) is 5.75 Å². The van der Waals surface area contributed by atoms with Gasteiger partial charge in [-0.3, -0.25) is 4.79 Å². The molecular formula is C16H24N2O2. The third-order valence-corrected chi connectivity index (χ3v) is 3.94. The minimum absolute atomic E-state index is 0.0345. The normalized spacial score (nSPS) is 19.7. The van der Waals surface area contributed by atoms with Crippen LogP contribution in [0.15, 0.2) is 24.3 Å². The molecule has 2 N–H and O–H groups in total. The number of ether oxygens (including phenoxy) is 1. The lowest BCUT2D eigenvalue weighted by Gasteiger charge is -2.21. The molecule has 0 aromatic heterocycles. The summed E-state index contributed by atoms with van der Waals surface area (Å²) in [6.07, 6.45) is 0. The van der Waals surface area contributed by atoms with Gasteiger partial charge in [0.2, 0.25) is 5.91 Å². The van der Waals surface area contributed by atoms with Gasteiger partial charge in [0.1, 0.15) is 12.4 Å². The van der Waals surface area contributed by atoms with Crippen LogP contribution in [0.1, 0.15) is 32.4 Å². The number of hydrogen-bond acceptors (Lipinski definition) is 3. The zero-order valence-corrected chi connectivity index (χ0v) is 12.5. The summed E-state index contributed by atoms with van der Waals surface area (Å²) in [5, 5.41) is 6.47. The Labute approximate surface area is 120 Å². The highest BCUT2D eigenvalue weighted by Gasteiger charge is 2.21. The molecule has 1 aromatic rings. The summed E-state index contributed by atoms with van der Waals surface area (Å²) >= 11 is 0. The van der Waals surface area contributed by atoms with Gasteiger partial charge in [-0.15, -0.1) is 0 Å². The minimum atomic E-state index is 0.0345. The molecule has 4 nitrogen and oxygen atoms in total. The van der Waals surface area contributed by atoms with Crippen LogP contribution in [0.4, 0.5) is 0 Å². The third kappa shape index (κ3) is 3.51. The molecule has 2 atom stereocenters. The molecule has 0 saturated carbocycles. The summed E-state index contributed by atoms with van der Waals surface area (Å²) in [6.45, 7) is 8.14. The van der Waals surface area contributed by atoms with Crippen LogP contribution in [-0.4, -0.2) is 25.6 Å². The van der Waals surface area contributed by atoms with E-state index in [1.54, 1.807) is 0 Å². The van der Waals surface area contributed by atoms with Gasteiger partial charge in [-0.25, -0.2) is 0 Å². The maximum atomic E-state index is 12.1. The molecular weight excluding hydrogens is 252 g/mol. The van der Waals surface area contributed by atoms with Crippen LogP contribution in [-0.2, 0) is 4.79 Å². The number of hydrogen-bond donors (Lipinski definition) is 2. The molecule has 110 valence electrons. The lowest BCUT2D eigenvalue weighted by molar-refractivity contribution is -0.125. The van der Waals surface area contributed by atoms with Crippen molar-refractivity contribution in [1.29, 1.82) is 0 Å². The molecule has 1 amide bonds. The van der Waals surface area contributed by atoms with Crippen molar-refractivity contribution < 1.29 is 9.53 Å². The van der Waals surface area contributed by atoms with Crippen molar-refractivity contribution in [3.05, 3.63) is 29.8 Å². The molecule has 0 radical (unpaired) electrons. The lowest BCUT2D eigenvalue weighted by Crippen LogP contribution is -2.38. The molecule has 0 bridgehead atoms. The van der Waals surface area contributed by atoms with Crippen molar-refractivity contribution in [2.24, 2.45) is 11.8 Å². The van der Waals surface area contributed by atoms with Gasteiger partial charge in [-0.05, 0) is 12.0 Å². The zero-order valence-electron chi connectivity index (χ0n) is 12.5. The lowest BCUT2D eigenvalue weighted by atomic mass is 9.97. The molecule has 1 aliphatic rings. The van der Waals surface area contributed by atoms with E-state index < -0.39 is 0 Å². The highest BCUT2D eigenvalue weighted by Crippen LogP contribution is 2.26. The van der Waals surface area contributed by atoms with E-state index in [9.17, 15) is 4.79 Å². The maximum Gasteiger partial charge on any atom is 0.223 e. The van der Waals surface area contributed by atoms with E-state index in [-0.39, 0.29) is 17.9 Å². The number of amides is 1. The highest BCUT2D eigenvalue weighted by atomic mass is 16.5. The number of nitrogens with one attached hydrogen (secondary N) is 2. The summed E-state index contributed by atoms with van der Waals surface area (Å²) in [5.41, 5.74) is 1.11. The molecule has 20 heavy (non-hydrogen) atoms. The topological polar surface area (TPSA) is 50.4 Å². The van der Waals surface area contributed by atoms with Gasteiger partial charge in [0.05, 0.1) is 6.04 Å². The van der Waals surface area contributed by atoms with Gasteiger partial charge in [0, 0.05) is 24.6 Å². The van der Waals surface area contributed by atoms with Crippen molar-refractivity contribution >= 4 is 5.91 Å². The number of fused-ring (bicyclic) bond motifs is 1. The average Bonchev–Trinajstić information content (AvgIpc) is 2.66. The van der Waals surface area contributed by atoms with Gasteiger partial charge in [-0.1, -0.05) is 39.0 Å². The standard InChI is InChI=1S/C16H24N2O2/c1-11(2)12(3)16(19)18-10-14-13-6-4-5-7-15(13)20-9-8-17-14/h4-7,11-12,14,17H,8-10H2,1-3H3,(H,18,19). The second kappa shape index (κ2) is 6.75. The first-order valence-corrected chi connectivity index (χ1v) is 7.32. The fourth-order valence-electron chi connectivity index (χ4n) is 2.25. The van der Waals surface area contributed by atoms with Crippen LogP contribution in [0.2, 0.25) is 0 Å². The monoisotopic (exact) mass is 276 g/mol. The fourth-order valence-corrected chi connectivity index (χ4v) is 2.25. The molecule has 1 aromatic carbocycles. The van der Waals surface area contributed by atoms with Crippen molar-refractivity contribution in [2.45, 2.75) is 26.8 Å². The smallest absolute Gasteiger partial charge is 0.223 e. The van der Waals surface area contributed by atoms with Gasteiger partial charge in [-0.2, -0.15) is 0 Å². The van der Waals surface area contributed by atoms with E-state index >= 15 is 0 Å². The minimum Gasteiger partial charge on any atom is -0.492 e. The molecule has 1 aliphatic heterocycles. The maximum absolute atomic E-state index is 12.1. The molecule has 0 aliphatic carbocycles. The van der Waals surface area contributed by atoms with Crippen molar-refractivity contribution in [2.75, 3.05) is 19.7 Å². The molecule has 2 unspecified atom stereocenters. The van der Waals surface area contributed by atoms with Gasteiger partial charge in [0.15, 0.2) is 0 Å². The van der Waals surface area contributed by atoms with E-state index in [1.807, 2.05) is 25.1 Å². The highest BCUT2D eigenvalue weighted by molar-refractivity contribution is 5.78. The Morgan fingerprint density at radius 1 is 1.40 bits per heavy atom. The first-order valence-electron chi connectivity index (χ1n) is 7.32. The quantitative estimate of drug-likeness (QED) is 0.885. The van der Waals surface area contributed by atoms with Gasteiger partial charge in [0.25, 0.3) is 0 Å². The van der Waals surface area contributed by atoms with E-state index in [2.05, 4.69) is 30.5 Å². The van der Waals surface area contributed by atoms with Gasteiger partial charge < -0.3 is 15.4 Å². The van der Waals surface area contributed by atoms with Crippen LogP contribution in [0.25, 0.3) is 0 Å². The number of carbonyl (C=O) groups is 1. The Hall–Kier alpha value is -1.55. The predicted octanol–water partition coefficient (Wildman–Crippen LogP) is 2.12. The summed E-state index contributed by atoms with van der Waals surface area (Å²) in [7, 11) is 0. The number of benzene rings is 1. The second-order valence-electron chi connectivity index (χ2n) is 5.67. The van der Waals surface area contributed by atoms with E-state index in [1.165, 1.54) is 0 Å². The van der Waals surface area contributed by atoms with Crippen LogP contribution in [0.3, 0.4) is 0 Å². The predicted molar refractivity (Wildman–Crippen MR) is 79.7 cm³/mol. The zero-order chi connectivity index (χ0) is 14.5. The van der Waals surface area contributed by atoms with E-state index in [0.29, 0.717) is 19.1 Å². The van der Waals surface area contributed by atoms with Crippen molar-refractivity contribution in [1.82, 2.24) is 10.6 Å². The van der Waals surface area contributed by atoms with Crippen molar-refractivity contribution in [3.63, 3.8) is 0 Å².